The van der Waals surface area contributed by atoms with E-state index in [4.69, 9.17) is 9.47 Å². The van der Waals surface area contributed by atoms with E-state index in [9.17, 15) is 14.0 Å². The van der Waals surface area contributed by atoms with Gasteiger partial charge in [0.05, 0.1) is 17.6 Å². The van der Waals surface area contributed by atoms with Gasteiger partial charge in [0.1, 0.15) is 17.0 Å². The van der Waals surface area contributed by atoms with Crippen molar-refractivity contribution in [2.75, 3.05) is 10.2 Å². The molecule has 0 atom stereocenters. The summed E-state index contributed by atoms with van der Waals surface area (Å²) in [4.78, 5) is 34.8. The number of ether oxygens (including phenoxy) is 2. The highest BCUT2D eigenvalue weighted by molar-refractivity contribution is 6.08. The minimum Gasteiger partial charge on any atom is -0.443 e. The first-order chi connectivity index (χ1) is 19.1. The lowest BCUT2D eigenvalue weighted by atomic mass is 10.0. The Hall–Kier alpha value is -4.08. The molecule has 1 aromatic carbocycles. The fraction of sp³-hybridized carbons (Fsp3) is 0.419. The average molecular weight is 567 g/mol. The van der Waals surface area contributed by atoms with Crippen molar-refractivity contribution >= 4 is 29.4 Å². The predicted molar refractivity (Wildman–Crippen MR) is 153 cm³/mol. The molecule has 8 nitrogen and oxygen atoms in total. The van der Waals surface area contributed by atoms with Crippen LogP contribution in [0.3, 0.4) is 0 Å². The number of halogens is 2. The van der Waals surface area contributed by atoms with Crippen molar-refractivity contribution in [3.63, 3.8) is 0 Å². The second kappa shape index (κ2) is 11.4. The zero-order valence-electron chi connectivity index (χ0n) is 24.5. The smallest absolute Gasteiger partial charge is 0.425 e. The molecule has 1 aliphatic rings. The summed E-state index contributed by atoms with van der Waals surface area (Å²) in [5.41, 5.74) is 1.51. The van der Waals surface area contributed by atoms with Gasteiger partial charge in [-0.2, -0.15) is 4.90 Å². The molecule has 4 rings (SSSR count). The topological polar surface area (TPSA) is 93.7 Å². The highest BCUT2D eigenvalue weighted by atomic mass is 19.1. The summed E-state index contributed by atoms with van der Waals surface area (Å²) in [7, 11) is 0. The molecule has 0 spiro atoms. The van der Waals surface area contributed by atoms with Gasteiger partial charge in [0.25, 0.3) is 0 Å². The number of amides is 2. The largest absolute Gasteiger partial charge is 0.443 e. The molecule has 2 aromatic heterocycles. The molecule has 2 heterocycles. The summed E-state index contributed by atoms with van der Waals surface area (Å²) < 4.78 is 41.4. The fourth-order valence-electron chi connectivity index (χ4n) is 4.15. The molecule has 2 amide bonds. The number of benzene rings is 1. The van der Waals surface area contributed by atoms with E-state index in [1.54, 1.807) is 66.1 Å². The maximum absolute atomic E-state index is 15.9. The van der Waals surface area contributed by atoms with Crippen LogP contribution in [0, 0.1) is 18.6 Å². The zero-order chi connectivity index (χ0) is 30.1. The second-order valence-electron chi connectivity index (χ2n) is 12.2. The van der Waals surface area contributed by atoms with Crippen LogP contribution in [0.25, 0.3) is 0 Å². The third kappa shape index (κ3) is 7.56. The molecule has 1 saturated carbocycles. The van der Waals surface area contributed by atoms with Gasteiger partial charge in [-0.1, -0.05) is 6.07 Å². The molecular formula is C31H36F2N4O4. The van der Waals surface area contributed by atoms with Crippen molar-refractivity contribution in [1.29, 1.82) is 0 Å². The molecule has 1 N–H and O–H groups in total. The second-order valence-corrected chi connectivity index (χ2v) is 12.2. The molecule has 1 aliphatic carbocycles. The number of hydrogen-bond acceptors (Lipinski definition) is 7. The van der Waals surface area contributed by atoms with Gasteiger partial charge < -0.3 is 14.8 Å². The van der Waals surface area contributed by atoms with Crippen LogP contribution in [0.1, 0.15) is 82.6 Å². The maximum Gasteiger partial charge on any atom is 0.425 e. The van der Waals surface area contributed by atoms with Crippen LogP contribution in [0.5, 0.6) is 0 Å². The van der Waals surface area contributed by atoms with E-state index in [0.717, 1.165) is 24.0 Å². The Bertz CT molecular complexity index is 1430. The number of nitrogens with zero attached hydrogens (tertiary/aromatic N) is 3. The lowest BCUT2D eigenvalue weighted by Gasteiger charge is -2.28. The monoisotopic (exact) mass is 566 g/mol. The van der Waals surface area contributed by atoms with Gasteiger partial charge in [-0.25, -0.2) is 23.4 Å². The first-order valence-electron chi connectivity index (χ1n) is 13.5. The molecule has 3 aromatic rings. The van der Waals surface area contributed by atoms with Crippen molar-refractivity contribution in [2.45, 2.75) is 84.8 Å². The number of hydrogen-bond donors (Lipinski definition) is 1. The molecule has 0 aliphatic heterocycles. The molecule has 1 fully saturated rings. The van der Waals surface area contributed by atoms with Crippen LogP contribution in [-0.4, -0.2) is 33.4 Å². The van der Waals surface area contributed by atoms with Crippen molar-refractivity contribution < 1.29 is 27.8 Å². The first kappa shape index (κ1) is 29.9. The standard InChI is InChI=1S/C31H36F2N4O4/c1-18-22(16-34-17-25(18)36-24-11-10-20(15-23(24)32)19-8-9-19)14-21-12-13-35-27(26(21)33)37(28(38)40-30(2,3)4)29(39)41-31(5,6)7/h10-13,15-17,19,36H,8-9,14H2,1-7H3. The summed E-state index contributed by atoms with van der Waals surface area (Å²) >= 11 is 0. The Morgan fingerprint density at radius 1 is 0.951 bits per heavy atom. The lowest BCUT2D eigenvalue weighted by Crippen LogP contribution is -2.44. The molecule has 0 radical (unpaired) electrons. The number of carbonyl (C=O) groups excluding carboxylic acids is 2. The highest BCUT2D eigenvalue weighted by Gasteiger charge is 2.36. The van der Waals surface area contributed by atoms with Crippen molar-refractivity contribution in [2.24, 2.45) is 0 Å². The van der Waals surface area contributed by atoms with Crippen LogP contribution < -0.4 is 10.2 Å². The Labute approximate surface area is 239 Å². The SMILES string of the molecule is Cc1c(Cc2ccnc(N(C(=O)OC(C)(C)C)C(=O)OC(C)(C)C)c2F)cncc1Nc1ccc(C2CC2)cc1F. The van der Waals surface area contributed by atoms with Gasteiger partial charge in [-0.05, 0) is 108 Å². The van der Waals surface area contributed by atoms with E-state index in [1.165, 1.54) is 12.3 Å². The maximum atomic E-state index is 15.9. The van der Waals surface area contributed by atoms with Gasteiger partial charge in [0.15, 0.2) is 11.6 Å². The number of pyridine rings is 2. The van der Waals surface area contributed by atoms with Gasteiger partial charge in [-0.3, -0.25) is 4.98 Å². The van der Waals surface area contributed by atoms with Crippen LogP contribution in [0.2, 0.25) is 0 Å². The Morgan fingerprint density at radius 2 is 1.59 bits per heavy atom. The van der Waals surface area contributed by atoms with Crippen LogP contribution in [0.15, 0.2) is 42.9 Å². The van der Waals surface area contributed by atoms with E-state index in [1.807, 2.05) is 13.0 Å². The molecular weight excluding hydrogens is 530 g/mol. The molecule has 218 valence electrons. The van der Waals surface area contributed by atoms with E-state index in [-0.39, 0.29) is 17.8 Å². The summed E-state index contributed by atoms with van der Waals surface area (Å²) in [6.45, 7) is 11.6. The van der Waals surface area contributed by atoms with Crippen molar-refractivity contribution in [1.82, 2.24) is 9.97 Å². The van der Waals surface area contributed by atoms with Gasteiger partial charge in [-0.15, -0.1) is 0 Å². The first-order valence-corrected chi connectivity index (χ1v) is 13.5. The molecule has 0 saturated heterocycles. The van der Waals surface area contributed by atoms with Crippen LogP contribution in [0.4, 0.5) is 35.6 Å². The Balaban J connectivity index is 1.63. The summed E-state index contributed by atoms with van der Waals surface area (Å²) in [6.07, 6.45) is 4.46. The van der Waals surface area contributed by atoms with Crippen LogP contribution >= 0.6 is 0 Å². The lowest BCUT2D eigenvalue weighted by molar-refractivity contribution is 0.0427. The minimum atomic E-state index is -1.12. The number of nitrogens with one attached hydrogen (secondary N) is 1. The van der Waals surface area contributed by atoms with Gasteiger partial charge in [0, 0.05) is 18.8 Å². The van der Waals surface area contributed by atoms with E-state index in [2.05, 4.69) is 15.3 Å². The van der Waals surface area contributed by atoms with Crippen molar-refractivity contribution in [3.8, 4) is 0 Å². The van der Waals surface area contributed by atoms with E-state index in [0.29, 0.717) is 27.8 Å². The third-order valence-corrected chi connectivity index (χ3v) is 6.33. The summed E-state index contributed by atoms with van der Waals surface area (Å²) in [5, 5.41) is 3.10. The van der Waals surface area contributed by atoms with Crippen molar-refractivity contribution in [3.05, 3.63) is 76.7 Å². The Kier molecular flexibility index (Phi) is 8.33. The highest BCUT2D eigenvalue weighted by Crippen LogP contribution is 2.41. The van der Waals surface area contributed by atoms with E-state index >= 15 is 4.39 Å². The molecule has 0 bridgehead atoms. The normalized spacial score (nSPS) is 13.5. The summed E-state index contributed by atoms with van der Waals surface area (Å²) in [5.74, 6) is -1.34. The number of anilines is 3. The summed E-state index contributed by atoms with van der Waals surface area (Å²) in [6, 6.07) is 6.65. The minimum absolute atomic E-state index is 0.0648. The van der Waals surface area contributed by atoms with E-state index < -0.39 is 35.0 Å². The fourth-order valence-corrected chi connectivity index (χ4v) is 4.15. The number of aromatic nitrogens is 2. The average Bonchev–Trinajstić information content (AvgIpc) is 3.68. The number of imide groups is 1. The third-order valence-electron chi connectivity index (χ3n) is 6.33. The molecule has 41 heavy (non-hydrogen) atoms. The van der Waals surface area contributed by atoms with Gasteiger partial charge in [0.2, 0.25) is 0 Å². The molecule has 10 heteroatoms. The molecule has 0 unspecified atom stereocenters. The zero-order valence-corrected chi connectivity index (χ0v) is 24.5. The Morgan fingerprint density at radius 3 is 2.15 bits per heavy atom. The number of rotatable bonds is 6. The van der Waals surface area contributed by atoms with Crippen LogP contribution in [-0.2, 0) is 15.9 Å². The predicted octanol–water partition coefficient (Wildman–Crippen LogP) is 7.95. The number of carbonyl (C=O) groups is 2. The van der Waals surface area contributed by atoms with Gasteiger partial charge >= 0.3 is 12.2 Å². The quantitative estimate of drug-likeness (QED) is 0.324.